The molecule has 38 heavy (non-hydrogen) atoms. The highest BCUT2D eigenvalue weighted by molar-refractivity contribution is 7.92. The number of amides is 2. The van der Waals surface area contributed by atoms with Gasteiger partial charge >= 0.3 is 0 Å². The van der Waals surface area contributed by atoms with Crippen LogP contribution in [0.25, 0.3) is 0 Å². The number of likely N-dealkylation sites (N-methyl/N-ethyl adjacent to an activating group) is 1. The third-order valence-corrected chi connectivity index (χ3v) is 8.36. The van der Waals surface area contributed by atoms with Gasteiger partial charge in [0.1, 0.15) is 18.3 Å². The molecular formula is C27H29Cl2N3O5S. The number of rotatable bonds is 11. The number of nitrogens with one attached hydrogen (secondary N) is 1. The molecule has 0 aliphatic heterocycles. The number of ether oxygens (including phenoxy) is 1. The molecule has 1 atom stereocenters. The molecule has 202 valence electrons. The van der Waals surface area contributed by atoms with Crippen molar-refractivity contribution in [2.75, 3.05) is 24.5 Å². The molecule has 1 N–H and O–H groups in total. The number of methoxy groups -OCH3 is 1. The van der Waals surface area contributed by atoms with Crippen LogP contribution in [-0.4, -0.2) is 51.4 Å². The van der Waals surface area contributed by atoms with E-state index in [2.05, 4.69) is 5.32 Å². The number of halogens is 2. The van der Waals surface area contributed by atoms with Crippen molar-refractivity contribution in [1.82, 2.24) is 10.2 Å². The number of sulfonamides is 1. The summed E-state index contributed by atoms with van der Waals surface area (Å²) in [7, 11) is -2.63. The highest BCUT2D eigenvalue weighted by atomic mass is 35.5. The van der Waals surface area contributed by atoms with E-state index in [1.165, 1.54) is 35.2 Å². The molecule has 0 radical (unpaired) electrons. The first-order valence-electron chi connectivity index (χ1n) is 11.8. The zero-order valence-electron chi connectivity index (χ0n) is 21.2. The number of nitrogens with zero attached hydrogens (tertiary/aromatic N) is 2. The lowest BCUT2D eigenvalue weighted by molar-refractivity contribution is -0.139. The molecule has 3 aromatic carbocycles. The topological polar surface area (TPSA) is 96.0 Å². The third-order valence-electron chi connectivity index (χ3n) is 5.83. The lowest BCUT2D eigenvalue weighted by atomic mass is 10.1. The molecule has 8 nitrogen and oxygen atoms in total. The Kier molecular flexibility index (Phi) is 10.0. The Balaban J connectivity index is 2.03. The molecule has 0 heterocycles. The number of hydrogen-bond donors (Lipinski definition) is 1. The standard InChI is InChI=1S/C27H29Cl2N3O5S/c1-4-30-27(34)19(2)31(17-20-10-13-22(37-3)14-11-20)26(33)18-32(21-12-15-24(28)25(29)16-21)38(35,36)23-8-6-5-7-9-23/h5-16,19H,4,17-18H2,1-3H3,(H,30,34). The van der Waals surface area contributed by atoms with Crippen molar-refractivity contribution < 1.29 is 22.7 Å². The third kappa shape index (κ3) is 6.98. The molecule has 2 amide bonds. The Morgan fingerprint density at radius 2 is 1.63 bits per heavy atom. The van der Waals surface area contributed by atoms with Gasteiger partial charge in [-0.25, -0.2) is 8.42 Å². The van der Waals surface area contributed by atoms with Crippen LogP contribution in [0.4, 0.5) is 5.69 Å². The Bertz CT molecular complexity index is 1370. The van der Waals surface area contributed by atoms with Crippen LogP contribution in [0, 0.1) is 0 Å². The van der Waals surface area contributed by atoms with Crippen LogP contribution in [0.3, 0.4) is 0 Å². The molecule has 0 spiro atoms. The minimum atomic E-state index is -4.18. The van der Waals surface area contributed by atoms with Gasteiger partial charge in [-0.1, -0.05) is 53.5 Å². The van der Waals surface area contributed by atoms with Gasteiger partial charge in [-0.2, -0.15) is 0 Å². The van der Waals surface area contributed by atoms with E-state index in [1.807, 2.05) is 0 Å². The molecule has 0 bridgehead atoms. The predicted molar refractivity (Wildman–Crippen MR) is 149 cm³/mol. The molecule has 0 aromatic heterocycles. The van der Waals surface area contributed by atoms with Crippen LogP contribution >= 0.6 is 23.2 Å². The van der Waals surface area contributed by atoms with Gasteiger partial charge in [0, 0.05) is 13.1 Å². The Hall–Kier alpha value is -3.27. The van der Waals surface area contributed by atoms with E-state index in [4.69, 9.17) is 27.9 Å². The number of carbonyl (C=O) groups is 2. The first-order valence-corrected chi connectivity index (χ1v) is 14.0. The first kappa shape index (κ1) is 29.3. The lowest BCUT2D eigenvalue weighted by Crippen LogP contribution is -2.51. The summed E-state index contributed by atoms with van der Waals surface area (Å²) in [6, 6.07) is 18.3. The average Bonchev–Trinajstić information content (AvgIpc) is 2.92. The number of anilines is 1. The Morgan fingerprint density at radius 3 is 2.21 bits per heavy atom. The molecule has 0 aliphatic carbocycles. The van der Waals surface area contributed by atoms with Crippen LogP contribution in [0.5, 0.6) is 5.75 Å². The molecule has 3 aromatic rings. The Morgan fingerprint density at radius 1 is 0.974 bits per heavy atom. The summed E-state index contributed by atoms with van der Waals surface area (Å²) in [5.41, 5.74) is 0.897. The molecule has 0 aliphatic rings. The van der Waals surface area contributed by atoms with Crippen molar-refractivity contribution in [3.8, 4) is 5.75 Å². The predicted octanol–water partition coefficient (Wildman–Crippen LogP) is 4.75. The van der Waals surface area contributed by atoms with E-state index in [0.29, 0.717) is 12.3 Å². The smallest absolute Gasteiger partial charge is 0.264 e. The molecule has 0 fully saturated rings. The average molecular weight is 579 g/mol. The SMILES string of the molecule is CCNC(=O)C(C)N(Cc1ccc(OC)cc1)C(=O)CN(c1ccc(Cl)c(Cl)c1)S(=O)(=O)c1ccccc1. The van der Waals surface area contributed by atoms with Crippen LogP contribution in [-0.2, 0) is 26.2 Å². The summed E-state index contributed by atoms with van der Waals surface area (Å²) in [6.45, 7) is 3.25. The van der Waals surface area contributed by atoms with Crippen molar-refractivity contribution in [2.45, 2.75) is 31.3 Å². The summed E-state index contributed by atoms with van der Waals surface area (Å²) < 4.78 is 33.6. The number of carbonyl (C=O) groups excluding carboxylic acids is 2. The summed E-state index contributed by atoms with van der Waals surface area (Å²) >= 11 is 12.3. The second-order valence-corrected chi connectivity index (χ2v) is 11.0. The van der Waals surface area contributed by atoms with Gasteiger partial charge in [-0.15, -0.1) is 0 Å². The van der Waals surface area contributed by atoms with Crippen molar-refractivity contribution in [2.24, 2.45) is 0 Å². The summed E-state index contributed by atoms with van der Waals surface area (Å²) in [5.74, 6) is -0.297. The van der Waals surface area contributed by atoms with E-state index >= 15 is 0 Å². The minimum absolute atomic E-state index is 0.00245. The van der Waals surface area contributed by atoms with Gasteiger partial charge in [0.25, 0.3) is 10.0 Å². The summed E-state index contributed by atoms with van der Waals surface area (Å²) in [5, 5.41) is 3.10. The molecule has 0 saturated heterocycles. The van der Waals surface area contributed by atoms with Gasteiger partial charge in [0.2, 0.25) is 11.8 Å². The fourth-order valence-electron chi connectivity index (χ4n) is 3.72. The van der Waals surface area contributed by atoms with Crippen molar-refractivity contribution >= 4 is 50.7 Å². The Labute approximate surface area is 233 Å². The molecular weight excluding hydrogens is 549 g/mol. The van der Waals surface area contributed by atoms with E-state index in [9.17, 15) is 18.0 Å². The normalized spacial score (nSPS) is 11.9. The fraction of sp³-hybridized carbons (Fsp3) is 0.259. The van der Waals surface area contributed by atoms with Gasteiger partial charge in [0.05, 0.1) is 27.7 Å². The van der Waals surface area contributed by atoms with Gasteiger partial charge < -0.3 is 15.0 Å². The summed E-state index contributed by atoms with van der Waals surface area (Å²) in [4.78, 5) is 27.9. The van der Waals surface area contributed by atoms with Crippen LogP contribution in [0.2, 0.25) is 10.0 Å². The van der Waals surface area contributed by atoms with Gasteiger partial charge in [-0.3, -0.25) is 13.9 Å². The first-order chi connectivity index (χ1) is 18.1. The molecule has 1 unspecified atom stereocenters. The maximum Gasteiger partial charge on any atom is 0.264 e. The monoisotopic (exact) mass is 577 g/mol. The van der Waals surface area contributed by atoms with Crippen LogP contribution in [0.1, 0.15) is 19.4 Å². The fourth-order valence-corrected chi connectivity index (χ4v) is 5.44. The zero-order chi connectivity index (χ0) is 27.9. The van der Waals surface area contributed by atoms with E-state index < -0.39 is 28.5 Å². The highest BCUT2D eigenvalue weighted by Gasteiger charge is 2.32. The van der Waals surface area contributed by atoms with Gasteiger partial charge in [-0.05, 0) is 61.9 Å². The van der Waals surface area contributed by atoms with E-state index in [1.54, 1.807) is 63.4 Å². The molecule has 11 heteroatoms. The second-order valence-electron chi connectivity index (χ2n) is 8.36. The van der Waals surface area contributed by atoms with Crippen molar-refractivity contribution in [3.63, 3.8) is 0 Å². The summed E-state index contributed by atoms with van der Waals surface area (Å²) in [6.07, 6.45) is 0. The lowest BCUT2D eigenvalue weighted by Gasteiger charge is -2.32. The number of benzene rings is 3. The maximum atomic E-state index is 13.8. The maximum absolute atomic E-state index is 13.8. The van der Waals surface area contributed by atoms with Crippen LogP contribution in [0.15, 0.2) is 77.7 Å². The second kappa shape index (κ2) is 13.0. The highest BCUT2D eigenvalue weighted by Crippen LogP contribution is 2.31. The minimum Gasteiger partial charge on any atom is -0.497 e. The van der Waals surface area contributed by atoms with Gasteiger partial charge in [0.15, 0.2) is 0 Å². The van der Waals surface area contributed by atoms with Crippen molar-refractivity contribution in [1.29, 1.82) is 0 Å². The quantitative estimate of drug-likeness (QED) is 0.354. The number of hydrogen-bond acceptors (Lipinski definition) is 5. The van der Waals surface area contributed by atoms with E-state index in [-0.39, 0.29) is 33.1 Å². The largest absolute Gasteiger partial charge is 0.497 e. The van der Waals surface area contributed by atoms with Crippen LogP contribution < -0.4 is 14.4 Å². The van der Waals surface area contributed by atoms with E-state index in [0.717, 1.165) is 9.87 Å². The van der Waals surface area contributed by atoms with Crippen molar-refractivity contribution in [3.05, 3.63) is 88.4 Å². The molecule has 3 rings (SSSR count). The molecule has 0 saturated carbocycles. The zero-order valence-corrected chi connectivity index (χ0v) is 23.6.